The van der Waals surface area contributed by atoms with Gasteiger partial charge in [-0.1, -0.05) is 6.07 Å². The number of ether oxygens (including phenoxy) is 2. The number of carbonyl (C=O) groups is 1. The van der Waals surface area contributed by atoms with E-state index >= 15 is 0 Å². The van der Waals surface area contributed by atoms with Gasteiger partial charge >= 0.3 is 0 Å². The molecule has 5 heteroatoms. The fraction of sp³-hybridized carbons (Fsp3) is 0.526. The Labute approximate surface area is 140 Å². The molecule has 3 aliphatic carbocycles. The number of methoxy groups -OCH3 is 1. The Hall–Kier alpha value is -2.01. The van der Waals surface area contributed by atoms with Crippen LogP contribution >= 0.6 is 0 Å². The number of Topliss-reactive ketones (excluding diaryl/α,β-unsaturated/α-hetero) is 1. The van der Waals surface area contributed by atoms with Crippen molar-refractivity contribution in [2.75, 3.05) is 13.7 Å². The van der Waals surface area contributed by atoms with Crippen molar-refractivity contribution in [2.24, 2.45) is 5.92 Å². The van der Waals surface area contributed by atoms with Crippen molar-refractivity contribution in [1.29, 1.82) is 0 Å². The van der Waals surface area contributed by atoms with Gasteiger partial charge < -0.3 is 19.9 Å². The van der Waals surface area contributed by atoms with Crippen molar-refractivity contribution in [2.45, 2.75) is 43.3 Å². The van der Waals surface area contributed by atoms with E-state index in [1.165, 1.54) is 12.8 Å². The van der Waals surface area contributed by atoms with Crippen LogP contribution in [0.1, 0.15) is 42.7 Å². The Balaban J connectivity index is 1.65. The van der Waals surface area contributed by atoms with Gasteiger partial charge in [-0.25, -0.2) is 0 Å². The van der Waals surface area contributed by atoms with Crippen LogP contribution in [0, 0.1) is 5.92 Å². The largest absolute Gasteiger partial charge is 0.493 e. The highest BCUT2D eigenvalue weighted by atomic mass is 16.5. The average molecular weight is 327 g/mol. The topological polar surface area (TPSA) is 67.8 Å². The molecule has 0 spiro atoms. The van der Waals surface area contributed by atoms with E-state index in [1.807, 2.05) is 18.2 Å². The molecule has 126 valence electrons. The molecule has 1 aromatic carbocycles. The molecule has 2 fully saturated rings. The molecule has 5 nitrogen and oxygen atoms in total. The number of aliphatic hydroxyl groups is 1. The van der Waals surface area contributed by atoms with Crippen molar-refractivity contribution in [1.82, 2.24) is 5.32 Å². The van der Waals surface area contributed by atoms with Crippen molar-refractivity contribution >= 4 is 11.9 Å². The smallest absolute Gasteiger partial charge is 0.174 e. The van der Waals surface area contributed by atoms with Gasteiger partial charge in [0.05, 0.1) is 13.0 Å². The summed E-state index contributed by atoms with van der Waals surface area (Å²) in [4.78, 5) is 12.4. The third-order valence-corrected chi connectivity index (χ3v) is 5.90. The highest BCUT2D eigenvalue weighted by Crippen LogP contribution is 2.58. The molecule has 0 saturated heterocycles. The van der Waals surface area contributed by atoms with Crippen LogP contribution in [0.5, 0.6) is 11.5 Å². The number of benzene rings is 1. The standard InChI is InChI=1S/C19H21NO4/c1-23-13-5-4-11-8-14(20-9-10-2-3-10)19(22)7-6-12(21)17-16(19)15(11)18(13)24-17/h4-5,8,10,16-17,20,22H,2-3,6-7,9H2,1H3/t16?,17?,19-/m1/s1. The molecule has 2 saturated carbocycles. The molecule has 1 aliphatic heterocycles. The first kappa shape index (κ1) is 14.3. The summed E-state index contributed by atoms with van der Waals surface area (Å²) in [6, 6.07) is 3.86. The summed E-state index contributed by atoms with van der Waals surface area (Å²) >= 11 is 0. The van der Waals surface area contributed by atoms with Crippen LogP contribution in [0.4, 0.5) is 0 Å². The molecule has 0 bridgehead atoms. The van der Waals surface area contributed by atoms with Gasteiger partial charge in [-0.3, -0.25) is 4.79 Å². The molecule has 0 aromatic heterocycles. The maximum absolute atomic E-state index is 12.4. The molecule has 0 amide bonds. The van der Waals surface area contributed by atoms with Gasteiger partial charge in [0.1, 0.15) is 5.60 Å². The zero-order valence-electron chi connectivity index (χ0n) is 13.7. The van der Waals surface area contributed by atoms with E-state index in [1.54, 1.807) is 7.11 Å². The predicted octanol–water partition coefficient (Wildman–Crippen LogP) is 1.99. The number of rotatable bonds is 4. The summed E-state index contributed by atoms with van der Waals surface area (Å²) in [5, 5.41) is 15.0. The minimum atomic E-state index is -1.06. The van der Waals surface area contributed by atoms with Crippen LogP contribution in [-0.2, 0) is 4.79 Å². The zero-order chi connectivity index (χ0) is 16.5. The van der Waals surface area contributed by atoms with Gasteiger partial charge in [0.2, 0.25) is 0 Å². The average Bonchev–Trinajstić information content (AvgIpc) is 3.31. The molecular formula is C19H21NO4. The van der Waals surface area contributed by atoms with Crippen molar-refractivity contribution in [3.05, 3.63) is 29.0 Å². The maximum atomic E-state index is 12.4. The Bertz CT molecular complexity index is 767. The van der Waals surface area contributed by atoms with E-state index < -0.39 is 11.7 Å². The lowest BCUT2D eigenvalue weighted by Crippen LogP contribution is -2.54. The molecule has 24 heavy (non-hydrogen) atoms. The van der Waals surface area contributed by atoms with Crippen LogP contribution < -0.4 is 14.8 Å². The number of hydrogen-bond acceptors (Lipinski definition) is 5. The van der Waals surface area contributed by atoms with Gasteiger partial charge in [0.25, 0.3) is 0 Å². The van der Waals surface area contributed by atoms with Crippen LogP contribution in [0.3, 0.4) is 0 Å². The highest BCUT2D eigenvalue weighted by molar-refractivity contribution is 5.90. The normalized spacial score (nSPS) is 32.8. The number of carbonyl (C=O) groups excluding carboxylic acids is 1. The Morgan fingerprint density at radius 2 is 2.25 bits per heavy atom. The van der Waals surface area contributed by atoms with E-state index in [2.05, 4.69) is 5.32 Å². The first-order chi connectivity index (χ1) is 11.6. The molecule has 1 heterocycles. The maximum Gasteiger partial charge on any atom is 0.174 e. The Morgan fingerprint density at radius 1 is 1.42 bits per heavy atom. The number of hydrogen-bond donors (Lipinski definition) is 2. The minimum absolute atomic E-state index is 0.0670. The first-order valence-corrected chi connectivity index (χ1v) is 8.70. The van der Waals surface area contributed by atoms with Gasteiger partial charge in [0.15, 0.2) is 23.4 Å². The molecule has 4 aliphatic rings. The first-order valence-electron chi connectivity index (χ1n) is 8.70. The molecular weight excluding hydrogens is 306 g/mol. The number of nitrogens with one attached hydrogen (secondary N) is 1. The van der Waals surface area contributed by atoms with Crippen LogP contribution in [0.2, 0.25) is 0 Å². The number of ketones is 1. The van der Waals surface area contributed by atoms with Crippen LogP contribution in [-0.4, -0.2) is 36.2 Å². The van der Waals surface area contributed by atoms with Gasteiger partial charge in [-0.2, -0.15) is 0 Å². The molecule has 3 atom stereocenters. The summed E-state index contributed by atoms with van der Waals surface area (Å²) < 4.78 is 11.4. The SMILES string of the molecule is COc1ccc2c3c1OC1C(=O)CC[C@@](O)(C(NCC4CC4)=C2)C31. The second kappa shape index (κ2) is 4.76. The quantitative estimate of drug-likeness (QED) is 0.885. The van der Waals surface area contributed by atoms with Gasteiger partial charge in [0, 0.05) is 24.2 Å². The Kier molecular flexibility index (Phi) is 2.84. The van der Waals surface area contributed by atoms with Crippen molar-refractivity contribution < 1.29 is 19.4 Å². The fourth-order valence-corrected chi connectivity index (χ4v) is 4.39. The second-order valence-corrected chi connectivity index (χ2v) is 7.39. The fourth-order valence-electron chi connectivity index (χ4n) is 4.39. The Morgan fingerprint density at radius 3 is 3.00 bits per heavy atom. The summed E-state index contributed by atoms with van der Waals surface area (Å²) in [6.07, 6.45) is 4.70. The molecule has 1 aromatic rings. The summed E-state index contributed by atoms with van der Waals surface area (Å²) in [5.41, 5.74) is 1.71. The third-order valence-electron chi connectivity index (χ3n) is 5.90. The summed E-state index contributed by atoms with van der Waals surface area (Å²) in [6.45, 7) is 0.888. The summed E-state index contributed by atoms with van der Waals surface area (Å²) in [7, 11) is 1.60. The van der Waals surface area contributed by atoms with Crippen molar-refractivity contribution in [3.63, 3.8) is 0 Å². The van der Waals surface area contributed by atoms with Crippen molar-refractivity contribution in [3.8, 4) is 11.5 Å². The monoisotopic (exact) mass is 327 g/mol. The third kappa shape index (κ3) is 1.82. The van der Waals surface area contributed by atoms with E-state index in [-0.39, 0.29) is 11.7 Å². The lowest BCUT2D eigenvalue weighted by atomic mass is 9.65. The van der Waals surface area contributed by atoms with Crippen LogP contribution in [0.15, 0.2) is 17.8 Å². The van der Waals surface area contributed by atoms with Gasteiger partial charge in [-0.05, 0) is 42.9 Å². The van der Waals surface area contributed by atoms with E-state index in [0.717, 1.165) is 23.4 Å². The second-order valence-electron chi connectivity index (χ2n) is 7.39. The molecule has 0 radical (unpaired) electrons. The lowest BCUT2D eigenvalue weighted by Gasteiger charge is -2.44. The predicted molar refractivity (Wildman–Crippen MR) is 88.0 cm³/mol. The zero-order valence-corrected chi connectivity index (χ0v) is 13.7. The van der Waals surface area contributed by atoms with E-state index in [4.69, 9.17) is 9.47 Å². The van der Waals surface area contributed by atoms with Crippen LogP contribution in [0.25, 0.3) is 6.08 Å². The molecule has 2 unspecified atom stereocenters. The van der Waals surface area contributed by atoms with E-state index in [0.29, 0.717) is 30.3 Å². The molecule has 2 N–H and O–H groups in total. The highest BCUT2D eigenvalue weighted by Gasteiger charge is 2.59. The lowest BCUT2D eigenvalue weighted by molar-refractivity contribution is -0.135. The van der Waals surface area contributed by atoms with E-state index in [9.17, 15) is 9.90 Å². The molecule has 5 rings (SSSR count). The van der Waals surface area contributed by atoms with Gasteiger partial charge in [-0.15, -0.1) is 0 Å². The summed E-state index contributed by atoms with van der Waals surface area (Å²) in [5.74, 6) is 1.68. The minimum Gasteiger partial charge on any atom is -0.493 e.